The molecule has 0 aliphatic heterocycles. The van der Waals surface area contributed by atoms with Crippen LogP contribution in [-0.4, -0.2) is 5.54 Å². The Labute approximate surface area is 133 Å². The number of hydrogen-bond acceptors (Lipinski definition) is 1. The lowest BCUT2D eigenvalue weighted by Gasteiger charge is -2.27. The molecule has 0 spiro atoms. The highest BCUT2D eigenvalue weighted by molar-refractivity contribution is 5.85. The maximum absolute atomic E-state index is 6.37. The molecule has 2 heteroatoms. The minimum atomic E-state index is -0.0926. The molecule has 1 nitrogen and oxygen atoms in total. The van der Waals surface area contributed by atoms with Crippen LogP contribution in [0, 0.1) is 0 Å². The van der Waals surface area contributed by atoms with E-state index in [9.17, 15) is 0 Å². The van der Waals surface area contributed by atoms with Crippen LogP contribution in [0.1, 0.15) is 84.0 Å². The molecule has 0 bridgehead atoms. The molecule has 0 aromatic rings. The zero-order valence-electron chi connectivity index (χ0n) is 13.5. The molecule has 0 saturated heterocycles. The van der Waals surface area contributed by atoms with Gasteiger partial charge in [0.05, 0.1) is 0 Å². The number of nitrogens with two attached hydrogens (primary N) is 1. The molecule has 2 N–H and O–H groups in total. The minimum absolute atomic E-state index is 0. The molecular formula is C18H36ClN. The van der Waals surface area contributed by atoms with E-state index >= 15 is 0 Å². The van der Waals surface area contributed by atoms with Gasteiger partial charge in [-0.25, -0.2) is 0 Å². The van der Waals surface area contributed by atoms with Gasteiger partial charge in [-0.2, -0.15) is 0 Å². The first-order valence-electron chi connectivity index (χ1n) is 8.19. The van der Waals surface area contributed by atoms with E-state index in [0.29, 0.717) is 0 Å². The van der Waals surface area contributed by atoms with Gasteiger partial charge in [-0.05, 0) is 19.3 Å². The second-order valence-electron chi connectivity index (χ2n) is 5.93. The van der Waals surface area contributed by atoms with E-state index in [-0.39, 0.29) is 17.9 Å². The fraction of sp³-hybridized carbons (Fsp3) is 0.778. The molecule has 0 aromatic carbocycles. The Kier molecular flexibility index (Phi) is 16.7. The van der Waals surface area contributed by atoms with E-state index in [1.54, 1.807) is 0 Å². The topological polar surface area (TPSA) is 26.0 Å². The second kappa shape index (κ2) is 15.1. The molecule has 0 aliphatic carbocycles. The third-order valence-electron chi connectivity index (χ3n) is 3.88. The number of hydrogen-bond donors (Lipinski definition) is 1. The van der Waals surface area contributed by atoms with Gasteiger partial charge < -0.3 is 5.73 Å². The molecule has 0 unspecified atom stereocenters. The Morgan fingerprint density at radius 1 is 0.800 bits per heavy atom. The molecule has 0 saturated carbocycles. The van der Waals surface area contributed by atoms with Gasteiger partial charge in [0.2, 0.25) is 0 Å². The molecule has 0 fully saturated rings. The summed E-state index contributed by atoms with van der Waals surface area (Å²) in [4.78, 5) is 0. The maximum Gasteiger partial charge on any atom is 0.0223 e. The molecule has 120 valence electrons. The lowest BCUT2D eigenvalue weighted by Crippen LogP contribution is -2.38. The Hall–Kier alpha value is -0.270. The Balaban J connectivity index is 0. The zero-order chi connectivity index (χ0) is 14.4. The van der Waals surface area contributed by atoms with Gasteiger partial charge in [-0.3, -0.25) is 0 Å². The van der Waals surface area contributed by atoms with Crippen LogP contribution in [0.2, 0.25) is 0 Å². The van der Waals surface area contributed by atoms with Gasteiger partial charge in [0, 0.05) is 5.54 Å². The summed E-state index contributed by atoms with van der Waals surface area (Å²) in [6, 6.07) is 0. The predicted molar refractivity (Wildman–Crippen MR) is 95.6 cm³/mol. The van der Waals surface area contributed by atoms with Crippen molar-refractivity contribution in [2.24, 2.45) is 5.73 Å². The van der Waals surface area contributed by atoms with Gasteiger partial charge in [-0.15, -0.1) is 25.6 Å². The third-order valence-corrected chi connectivity index (χ3v) is 3.88. The molecular weight excluding hydrogens is 266 g/mol. The summed E-state index contributed by atoms with van der Waals surface area (Å²) in [5, 5.41) is 0. The van der Waals surface area contributed by atoms with Gasteiger partial charge in [0.25, 0.3) is 0 Å². The van der Waals surface area contributed by atoms with E-state index in [1.165, 1.54) is 57.8 Å². The average Bonchev–Trinajstić information content (AvgIpc) is 2.37. The fourth-order valence-corrected chi connectivity index (χ4v) is 2.65. The number of rotatable bonds is 14. The summed E-state index contributed by atoms with van der Waals surface area (Å²) in [6.45, 7) is 9.88. The first kappa shape index (κ1) is 22.0. The second-order valence-corrected chi connectivity index (χ2v) is 5.93. The predicted octanol–water partition coefficient (Wildman–Crippen LogP) is 6.18. The monoisotopic (exact) mass is 301 g/mol. The van der Waals surface area contributed by atoms with Crippen molar-refractivity contribution in [1.29, 1.82) is 0 Å². The number of unbranched alkanes of at least 4 members (excludes halogenated alkanes) is 8. The van der Waals surface area contributed by atoms with Crippen molar-refractivity contribution in [1.82, 2.24) is 0 Å². The first-order valence-corrected chi connectivity index (χ1v) is 8.19. The van der Waals surface area contributed by atoms with Crippen LogP contribution in [-0.2, 0) is 0 Å². The van der Waals surface area contributed by atoms with Crippen LogP contribution in [0.25, 0.3) is 0 Å². The fourth-order valence-electron chi connectivity index (χ4n) is 2.65. The van der Waals surface area contributed by atoms with Crippen LogP contribution >= 0.6 is 12.4 Å². The molecule has 0 aliphatic rings. The summed E-state index contributed by atoms with van der Waals surface area (Å²) in [6.07, 6.45) is 19.1. The maximum atomic E-state index is 6.37. The summed E-state index contributed by atoms with van der Waals surface area (Å²) in [5.74, 6) is 0. The third kappa shape index (κ3) is 12.7. The smallest absolute Gasteiger partial charge is 0.0223 e. The average molecular weight is 302 g/mol. The molecule has 0 amide bonds. The Morgan fingerprint density at radius 2 is 1.20 bits per heavy atom. The summed E-state index contributed by atoms with van der Waals surface area (Å²) >= 11 is 0. The van der Waals surface area contributed by atoms with Crippen molar-refractivity contribution < 1.29 is 0 Å². The number of halogens is 1. The molecule has 0 aromatic heterocycles. The summed E-state index contributed by atoms with van der Waals surface area (Å²) in [7, 11) is 0. The van der Waals surface area contributed by atoms with Crippen molar-refractivity contribution in [3.8, 4) is 0 Å². The van der Waals surface area contributed by atoms with E-state index in [4.69, 9.17) is 5.73 Å². The van der Waals surface area contributed by atoms with Gasteiger partial charge in [0.15, 0.2) is 0 Å². The molecule has 0 heterocycles. The Morgan fingerprint density at radius 3 is 1.60 bits per heavy atom. The van der Waals surface area contributed by atoms with Crippen LogP contribution in [0.5, 0.6) is 0 Å². The van der Waals surface area contributed by atoms with Gasteiger partial charge >= 0.3 is 0 Å². The van der Waals surface area contributed by atoms with E-state index in [0.717, 1.165) is 19.3 Å². The molecule has 20 heavy (non-hydrogen) atoms. The summed E-state index contributed by atoms with van der Waals surface area (Å²) in [5.41, 5.74) is 6.28. The van der Waals surface area contributed by atoms with Crippen molar-refractivity contribution >= 4 is 12.4 Å². The highest BCUT2D eigenvalue weighted by Gasteiger charge is 2.20. The van der Waals surface area contributed by atoms with Crippen LogP contribution in [0.15, 0.2) is 25.3 Å². The Bertz CT molecular complexity index is 215. The van der Waals surface area contributed by atoms with Crippen molar-refractivity contribution in [2.75, 3.05) is 0 Å². The minimum Gasteiger partial charge on any atom is -0.325 e. The highest BCUT2D eigenvalue weighted by atomic mass is 35.5. The van der Waals surface area contributed by atoms with Gasteiger partial charge in [-0.1, -0.05) is 76.9 Å². The van der Waals surface area contributed by atoms with Crippen molar-refractivity contribution in [3.05, 3.63) is 25.3 Å². The zero-order valence-corrected chi connectivity index (χ0v) is 14.4. The van der Waals surface area contributed by atoms with Crippen molar-refractivity contribution in [2.45, 2.75) is 89.5 Å². The van der Waals surface area contributed by atoms with E-state index in [2.05, 4.69) is 20.1 Å². The normalized spacial score (nSPS) is 10.9. The van der Waals surface area contributed by atoms with E-state index in [1.807, 2.05) is 12.2 Å². The van der Waals surface area contributed by atoms with Crippen LogP contribution in [0.3, 0.4) is 0 Å². The lowest BCUT2D eigenvalue weighted by atomic mass is 9.86. The standard InChI is InChI=1S/C18H35N.ClH/c1-4-7-8-9-10-11-12-13-14-17-18(19,15-5-2)16-6-3;/h5-6H,2-4,7-17,19H2,1H3;1H. The van der Waals surface area contributed by atoms with Gasteiger partial charge in [0.1, 0.15) is 0 Å². The lowest BCUT2D eigenvalue weighted by molar-refractivity contribution is 0.380. The van der Waals surface area contributed by atoms with E-state index < -0.39 is 0 Å². The quantitative estimate of drug-likeness (QED) is 0.301. The first-order chi connectivity index (χ1) is 9.18. The van der Waals surface area contributed by atoms with Crippen LogP contribution in [0.4, 0.5) is 0 Å². The molecule has 0 atom stereocenters. The van der Waals surface area contributed by atoms with Crippen LogP contribution < -0.4 is 5.73 Å². The highest BCUT2D eigenvalue weighted by Crippen LogP contribution is 2.22. The van der Waals surface area contributed by atoms with Crippen molar-refractivity contribution in [3.63, 3.8) is 0 Å². The SMILES string of the molecule is C=CCC(N)(CC=C)CCCCCCCCCCC.Cl. The molecule has 0 rings (SSSR count). The molecule has 0 radical (unpaired) electrons. The largest absolute Gasteiger partial charge is 0.325 e. The summed E-state index contributed by atoms with van der Waals surface area (Å²) < 4.78 is 0.